The van der Waals surface area contributed by atoms with E-state index in [2.05, 4.69) is 4.74 Å². The Labute approximate surface area is 76.2 Å². The molecular weight excluding hydrogens is 198 g/mol. The monoisotopic (exact) mass is 209 g/mol. The predicted octanol–water partition coefficient (Wildman–Crippen LogP) is -0.283. The maximum Gasteiger partial charge on any atom is 0.409 e. The van der Waals surface area contributed by atoms with Crippen molar-refractivity contribution in [3.63, 3.8) is 0 Å². The van der Waals surface area contributed by atoms with E-state index in [-0.39, 0.29) is 12.2 Å². The minimum absolute atomic E-state index is 0.230. The lowest BCUT2D eigenvalue weighted by Crippen LogP contribution is -2.26. The van der Waals surface area contributed by atoms with Crippen LogP contribution >= 0.6 is 0 Å². The van der Waals surface area contributed by atoms with E-state index in [4.69, 9.17) is 4.55 Å². The van der Waals surface area contributed by atoms with Crippen molar-refractivity contribution in [2.24, 2.45) is 0 Å². The summed E-state index contributed by atoms with van der Waals surface area (Å²) in [6.07, 6.45) is -0.191. The first kappa shape index (κ1) is 10.3. The molecule has 0 spiro atoms. The molecule has 0 bridgehead atoms. The average Bonchev–Trinajstić information content (AvgIpc) is 2.34. The summed E-state index contributed by atoms with van der Waals surface area (Å²) < 4.78 is 33.6. The molecule has 0 saturated carbocycles. The molecule has 0 atom stereocenters. The van der Waals surface area contributed by atoms with Gasteiger partial charge in [-0.2, -0.15) is 8.42 Å². The third kappa shape index (κ3) is 3.60. The van der Waals surface area contributed by atoms with Gasteiger partial charge < -0.3 is 9.64 Å². The summed E-state index contributed by atoms with van der Waals surface area (Å²) >= 11 is 0. The van der Waals surface area contributed by atoms with E-state index in [0.717, 1.165) is 0 Å². The van der Waals surface area contributed by atoms with Gasteiger partial charge in [0.2, 0.25) is 0 Å². The van der Waals surface area contributed by atoms with Crippen LogP contribution in [0.4, 0.5) is 4.79 Å². The lowest BCUT2D eigenvalue weighted by Gasteiger charge is -2.10. The van der Waals surface area contributed by atoms with Gasteiger partial charge in [0.15, 0.2) is 0 Å². The minimum Gasteiger partial charge on any atom is -0.448 e. The summed E-state index contributed by atoms with van der Waals surface area (Å²) in [5.41, 5.74) is 0. The van der Waals surface area contributed by atoms with E-state index in [1.165, 1.54) is 4.90 Å². The molecule has 0 aromatic rings. The molecule has 0 unspecified atom stereocenters. The molecule has 1 N–H and O–H groups in total. The molecule has 13 heavy (non-hydrogen) atoms. The van der Waals surface area contributed by atoms with Crippen LogP contribution in [0.3, 0.4) is 0 Å². The fourth-order valence-corrected chi connectivity index (χ4v) is 1.56. The molecule has 1 saturated heterocycles. The maximum absolute atomic E-state index is 10.8. The second kappa shape index (κ2) is 3.93. The third-order valence-electron chi connectivity index (χ3n) is 1.68. The molecule has 1 aliphatic heterocycles. The lowest BCUT2D eigenvalue weighted by molar-refractivity contribution is 0.158. The Bertz CT molecular complexity index is 285. The van der Waals surface area contributed by atoms with Gasteiger partial charge in [0, 0.05) is 6.54 Å². The van der Waals surface area contributed by atoms with Crippen LogP contribution in [0.15, 0.2) is 0 Å². The molecule has 76 valence electrons. The molecule has 0 aromatic carbocycles. The topological polar surface area (TPSA) is 83.9 Å². The number of ether oxygens (including phenoxy) is 1. The molecule has 1 aliphatic rings. The van der Waals surface area contributed by atoms with Gasteiger partial charge in [0.05, 0.1) is 12.3 Å². The molecule has 0 radical (unpaired) electrons. The number of cyclic esters (lactones) is 1. The van der Waals surface area contributed by atoms with Crippen molar-refractivity contribution in [2.45, 2.75) is 6.42 Å². The minimum atomic E-state index is -3.91. The van der Waals surface area contributed by atoms with Crippen LogP contribution in [0.5, 0.6) is 0 Å². The highest BCUT2D eigenvalue weighted by molar-refractivity contribution is 7.85. The number of nitrogens with zero attached hydrogens (tertiary/aromatic N) is 1. The van der Waals surface area contributed by atoms with Crippen LogP contribution in [0.1, 0.15) is 6.42 Å². The van der Waals surface area contributed by atoms with Crippen LogP contribution < -0.4 is 0 Å². The molecule has 0 aliphatic carbocycles. The first-order valence-electron chi connectivity index (χ1n) is 3.86. The van der Waals surface area contributed by atoms with E-state index >= 15 is 0 Å². The van der Waals surface area contributed by atoms with Crippen LogP contribution in [-0.2, 0) is 14.9 Å². The van der Waals surface area contributed by atoms with E-state index in [1.807, 2.05) is 0 Å². The largest absolute Gasteiger partial charge is 0.448 e. The number of carbonyl (C=O) groups is 1. The highest BCUT2D eigenvalue weighted by Gasteiger charge is 2.21. The number of hydrogen-bond acceptors (Lipinski definition) is 4. The maximum atomic E-state index is 10.8. The summed E-state index contributed by atoms with van der Waals surface area (Å²) in [4.78, 5) is 12.2. The molecule has 6 nitrogen and oxygen atoms in total. The van der Waals surface area contributed by atoms with Crippen molar-refractivity contribution in [3.8, 4) is 0 Å². The first-order valence-corrected chi connectivity index (χ1v) is 5.47. The molecule has 1 amide bonds. The molecule has 1 fully saturated rings. The standard InChI is InChI=1S/C6H11NO5S/c8-6-7(3-4-12-6)2-1-5-13(9,10)11/h1-5H2,(H,9,10,11). The Balaban J connectivity index is 2.23. The average molecular weight is 209 g/mol. The summed E-state index contributed by atoms with van der Waals surface area (Å²) in [7, 11) is -3.91. The zero-order chi connectivity index (χ0) is 9.90. The van der Waals surface area contributed by atoms with Gasteiger partial charge in [0.25, 0.3) is 10.1 Å². The Morgan fingerprint density at radius 2 is 2.23 bits per heavy atom. The van der Waals surface area contributed by atoms with Crippen molar-refractivity contribution in [2.75, 3.05) is 25.4 Å². The van der Waals surface area contributed by atoms with Crippen LogP contribution in [0.25, 0.3) is 0 Å². The molecule has 1 heterocycles. The normalized spacial score (nSPS) is 17.6. The first-order chi connectivity index (χ1) is 5.99. The van der Waals surface area contributed by atoms with E-state index in [0.29, 0.717) is 19.7 Å². The Morgan fingerprint density at radius 3 is 2.69 bits per heavy atom. The molecule has 7 heteroatoms. The van der Waals surface area contributed by atoms with Crippen LogP contribution in [0, 0.1) is 0 Å². The Morgan fingerprint density at radius 1 is 1.54 bits per heavy atom. The number of rotatable bonds is 4. The predicted molar refractivity (Wildman–Crippen MR) is 44.0 cm³/mol. The summed E-state index contributed by atoms with van der Waals surface area (Å²) in [6, 6.07) is 0. The lowest BCUT2D eigenvalue weighted by atomic mass is 10.4. The smallest absolute Gasteiger partial charge is 0.409 e. The zero-order valence-electron chi connectivity index (χ0n) is 6.97. The van der Waals surface area contributed by atoms with E-state index < -0.39 is 16.2 Å². The van der Waals surface area contributed by atoms with Crippen molar-refractivity contribution in [1.82, 2.24) is 4.90 Å². The fourth-order valence-electron chi connectivity index (χ4n) is 1.07. The van der Waals surface area contributed by atoms with E-state index in [9.17, 15) is 13.2 Å². The number of carbonyl (C=O) groups excluding carboxylic acids is 1. The SMILES string of the molecule is O=C1OCCN1CCCS(=O)(=O)O. The highest BCUT2D eigenvalue weighted by Crippen LogP contribution is 2.04. The van der Waals surface area contributed by atoms with Gasteiger partial charge in [-0.25, -0.2) is 4.79 Å². The second-order valence-corrected chi connectivity index (χ2v) is 4.31. The summed E-state index contributed by atoms with van der Waals surface area (Å²) in [5, 5.41) is 0. The van der Waals surface area contributed by atoms with Gasteiger partial charge in [-0.15, -0.1) is 0 Å². The summed E-state index contributed by atoms with van der Waals surface area (Å²) in [6.45, 7) is 1.15. The van der Waals surface area contributed by atoms with Gasteiger partial charge in [-0.05, 0) is 6.42 Å². The molecular formula is C6H11NO5S. The third-order valence-corrected chi connectivity index (χ3v) is 2.48. The number of amides is 1. The Kier molecular flexibility index (Phi) is 3.10. The Hall–Kier alpha value is -0.820. The second-order valence-electron chi connectivity index (χ2n) is 2.74. The highest BCUT2D eigenvalue weighted by atomic mass is 32.2. The quantitative estimate of drug-likeness (QED) is 0.643. The zero-order valence-corrected chi connectivity index (χ0v) is 7.79. The molecule has 0 aromatic heterocycles. The number of hydrogen-bond donors (Lipinski definition) is 1. The van der Waals surface area contributed by atoms with Crippen molar-refractivity contribution in [1.29, 1.82) is 0 Å². The van der Waals surface area contributed by atoms with Gasteiger partial charge in [0.1, 0.15) is 6.61 Å². The molecule has 1 rings (SSSR count). The fraction of sp³-hybridized carbons (Fsp3) is 0.833. The van der Waals surface area contributed by atoms with Crippen molar-refractivity contribution >= 4 is 16.2 Å². The van der Waals surface area contributed by atoms with Crippen molar-refractivity contribution < 1.29 is 22.5 Å². The van der Waals surface area contributed by atoms with E-state index in [1.54, 1.807) is 0 Å². The van der Waals surface area contributed by atoms with Crippen LogP contribution in [0.2, 0.25) is 0 Å². The van der Waals surface area contributed by atoms with Gasteiger partial charge >= 0.3 is 6.09 Å². The van der Waals surface area contributed by atoms with Crippen LogP contribution in [-0.4, -0.2) is 49.4 Å². The van der Waals surface area contributed by atoms with Gasteiger partial charge in [-0.3, -0.25) is 4.55 Å². The van der Waals surface area contributed by atoms with Crippen molar-refractivity contribution in [3.05, 3.63) is 0 Å². The summed E-state index contributed by atoms with van der Waals surface area (Å²) in [5.74, 6) is -0.323. The van der Waals surface area contributed by atoms with Gasteiger partial charge in [-0.1, -0.05) is 0 Å².